The van der Waals surface area contributed by atoms with Crippen LogP contribution in [0.3, 0.4) is 0 Å². The maximum atomic E-state index is 12.8. The number of carbonyl (C=O) groups is 3. The largest absolute Gasteiger partial charge is 0.481 e. The number of amides is 2. The molecule has 1 heterocycles. The van der Waals surface area contributed by atoms with Gasteiger partial charge in [0.25, 0.3) is 0 Å². The fraction of sp³-hybridized carbons (Fsp3) is 0.444. The Hall–Kier alpha value is -3.39. The molecule has 8 heteroatoms. The number of hydrogen-bond acceptors (Lipinski definition) is 5. The first kappa shape index (κ1) is 24.7. The highest BCUT2D eigenvalue weighted by molar-refractivity contribution is 5.85. The van der Waals surface area contributed by atoms with Crippen molar-refractivity contribution >= 4 is 18.0 Å². The number of alkyl carbamates (subject to hydrolysis) is 1. The van der Waals surface area contributed by atoms with E-state index in [9.17, 15) is 14.4 Å². The van der Waals surface area contributed by atoms with Gasteiger partial charge in [-0.05, 0) is 41.0 Å². The lowest BCUT2D eigenvalue weighted by molar-refractivity contribution is -0.141. The Morgan fingerprint density at radius 1 is 1.06 bits per heavy atom. The van der Waals surface area contributed by atoms with E-state index in [1.54, 1.807) is 0 Å². The molecule has 2 aliphatic rings. The number of fused-ring (bicyclic) bond motifs is 3. The van der Waals surface area contributed by atoms with Gasteiger partial charge in [0, 0.05) is 12.5 Å². The van der Waals surface area contributed by atoms with E-state index in [0.717, 1.165) is 22.3 Å². The molecule has 8 nitrogen and oxygen atoms in total. The first-order chi connectivity index (χ1) is 16.8. The number of carbonyl (C=O) groups excluding carboxylic acids is 2. The summed E-state index contributed by atoms with van der Waals surface area (Å²) in [6, 6.07) is 15.4. The Balaban J connectivity index is 1.33. The molecule has 1 fully saturated rings. The monoisotopic (exact) mass is 480 g/mol. The molecule has 1 aliphatic carbocycles. The number of rotatable bonds is 9. The fourth-order valence-corrected chi connectivity index (χ4v) is 4.84. The molecule has 0 radical (unpaired) electrons. The Morgan fingerprint density at radius 3 is 2.26 bits per heavy atom. The Bertz CT molecular complexity index is 1040. The molecule has 35 heavy (non-hydrogen) atoms. The maximum absolute atomic E-state index is 12.8. The summed E-state index contributed by atoms with van der Waals surface area (Å²) in [5.41, 5.74) is 4.53. The first-order valence-electron chi connectivity index (χ1n) is 12.1. The van der Waals surface area contributed by atoms with Crippen LogP contribution in [-0.4, -0.2) is 55.0 Å². The van der Waals surface area contributed by atoms with Gasteiger partial charge in [-0.1, -0.05) is 62.4 Å². The van der Waals surface area contributed by atoms with Gasteiger partial charge in [0.2, 0.25) is 5.91 Å². The lowest BCUT2D eigenvalue weighted by atomic mass is 9.98. The number of hydrogen-bond donors (Lipinski definition) is 3. The Morgan fingerprint density at radius 2 is 1.69 bits per heavy atom. The van der Waals surface area contributed by atoms with Crippen LogP contribution in [0.4, 0.5) is 4.79 Å². The van der Waals surface area contributed by atoms with Crippen molar-refractivity contribution in [3.05, 3.63) is 59.7 Å². The maximum Gasteiger partial charge on any atom is 0.407 e. The van der Waals surface area contributed by atoms with E-state index in [-0.39, 0.29) is 43.6 Å². The van der Waals surface area contributed by atoms with Gasteiger partial charge in [0.05, 0.1) is 18.6 Å². The van der Waals surface area contributed by atoms with Crippen molar-refractivity contribution in [1.82, 2.24) is 10.6 Å². The summed E-state index contributed by atoms with van der Waals surface area (Å²) in [7, 11) is 0. The topological polar surface area (TPSA) is 114 Å². The fourth-order valence-electron chi connectivity index (χ4n) is 4.84. The van der Waals surface area contributed by atoms with Crippen LogP contribution in [0.15, 0.2) is 48.5 Å². The van der Waals surface area contributed by atoms with Gasteiger partial charge in [-0.2, -0.15) is 0 Å². The molecule has 1 unspecified atom stereocenters. The van der Waals surface area contributed by atoms with Crippen LogP contribution in [0.5, 0.6) is 0 Å². The molecule has 2 aromatic rings. The zero-order valence-electron chi connectivity index (χ0n) is 20.0. The van der Waals surface area contributed by atoms with E-state index in [4.69, 9.17) is 14.6 Å². The predicted octanol–water partition coefficient (Wildman–Crippen LogP) is 3.55. The van der Waals surface area contributed by atoms with E-state index >= 15 is 0 Å². The van der Waals surface area contributed by atoms with Gasteiger partial charge in [0.15, 0.2) is 0 Å². The quantitative estimate of drug-likeness (QED) is 0.506. The summed E-state index contributed by atoms with van der Waals surface area (Å²) in [5, 5.41) is 14.6. The molecule has 186 valence electrons. The van der Waals surface area contributed by atoms with Crippen molar-refractivity contribution in [3.8, 4) is 11.1 Å². The summed E-state index contributed by atoms with van der Waals surface area (Å²) in [4.78, 5) is 36.6. The zero-order valence-corrected chi connectivity index (χ0v) is 20.0. The highest BCUT2D eigenvalue weighted by atomic mass is 16.5. The van der Waals surface area contributed by atoms with Crippen LogP contribution < -0.4 is 10.6 Å². The van der Waals surface area contributed by atoms with E-state index in [1.165, 1.54) is 0 Å². The molecule has 0 aromatic heterocycles. The highest BCUT2D eigenvalue weighted by Crippen LogP contribution is 2.44. The summed E-state index contributed by atoms with van der Waals surface area (Å²) >= 11 is 0. The molecule has 0 bridgehead atoms. The van der Waals surface area contributed by atoms with Gasteiger partial charge < -0.3 is 25.2 Å². The second kappa shape index (κ2) is 10.9. The second-order valence-corrected chi connectivity index (χ2v) is 9.62. The second-order valence-electron chi connectivity index (χ2n) is 9.62. The van der Waals surface area contributed by atoms with E-state index in [1.807, 2.05) is 38.1 Å². The van der Waals surface area contributed by atoms with Crippen molar-refractivity contribution in [2.24, 2.45) is 11.8 Å². The predicted molar refractivity (Wildman–Crippen MR) is 130 cm³/mol. The molecule has 3 N–H and O–H groups in total. The molecule has 1 aliphatic heterocycles. The summed E-state index contributed by atoms with van der Waals surface area (Å²) < 4.78 is 11.1. The summed E-state index contributed by atoms with van der Waals surface area (Å²) in [5.74, 6) is -1.68. The van der Waals surface area contributed by atoms with Crippen LogP contribution >= 0.6 is 0 Å². The first-order valence-corrected chi connectivity index (χ1v) is 12.1. The Labute approximate surface area is 205 Å². The molecular formula is C27H32N2O6. The van der Waals surface area contributed by atoms with Crippen LogP contribution in [-0.2, 0) is 19.1 Å². The standard InChI is InChI=1S/C27H32N2O6/c1-16(2)11-24(25(30)28-13-18-12-17(14-34-18)26(31)32)29-27(33)35-15-23-21-9-5-3-7-19(21)20-8-4-6-10-22(20)23/h3-10,16-18,23-24H,11-15H2,1-2H3,(H,28,30)(H,29,33)(H,31,32)/t17-,18-,24?/m0/s1. The van der Waals surface area contributed by atoms with E-state index < -0.39 is 24.0 Å². The van der Waals surface area contributed by atoms with Gasteiger partial charge >= 0.3 is 12.1 Å². The van der Waals surface area contributed by atoms with Crippen LogP contribution in [0.25, 0.3) is 11.1 Å². The SMILES string of the molecule is CC(C)CC(NC(=O)OCC1c2ccccc2-c2ccccc21)C(=O)NC[C@@H]1C[C@H](C(=O)O)CO1. The van der Waals surface area contributed by atoms with Crippen LogP contribution in [0.2, 0.25) is 0 Å². The number of carboxylic acid groups (broad SMARTS) is 1. The van der Waals surface area contributed by atoms with Gasteiger partial charge in [-0.15, -0.1) is 0 Å². The average Bonchev–Trinajstić information content (AvgIpc) is 3.44. The lowest BCUT2D eigenvalue weighted by Gasteiger charge is -2.22. The van der Waals surface area contributed by atoms with Crippen molar-refractivity contribution in [1.29, 1.82) is 0 Å². The van der Waals surface area contributed by atoms with Crippen LogP contribution in [0, 0.1) is 11.8 Å². The molecule has 0 spiro atoms. The lowest BCUT2D eigenvalue weighted by Crippen LogP contribution is -2.49. The van der Waals surface area contributed by atoms with Gasteiger partial charge in [-0.3, -0.25) is 9.59 Å². The third-order valence-electron chi connectivity index (χ3n) is 6.59. The number of aliphatic carboxylic acids is 1. The molecular weight excluding hydrogens is 448 g/mol. The Kier molecular flexibility index (Phi) is 7.70. The number of ether oxygens (including phenoxy) is 2. The highest BCUT2D eigenvalue weighted by Gasteiger charge is 2.32. The minimum Gasteiger partial charge on any atom is -0.481 e. The van der Waals surface area contributed by atoms with Gasteiger partial charge in [-0.25, -0.2) is 4.79 Å². The molecule has 3 atom stereocenters. The minimum absolute atomic E-state index is 0.0628. The molecule has 4 rings (SSSR count). The van der Waals surface area contributed by atoms with Crippen molar-refractivity contribution in [2.45, 2.75) is 44.8 Å². The summed E-state index contributed by atoms with van der Waals surface area (Å²) in [6.45, 7) is 4.45. The molecule has 1 saturated heterocycles. The number of nitrogens with one attached hydrogen (secondary N) is 2. The normalized spacial score (nSPS) is 19.6. The summed E-state index contributed by atoms with van der Waals surface area (Å²) in [6.07, 6.45) is -0.200. The molecule has 2 amide bonds. The van der Waals surface area contributed by atoms with Crippen molar-refractivity contribution in [2.75, 3.05) is 19.8 Å². The average molecular weight is 481 g/mol. The zero-order chi connectivity index (χ0) is 24.9. The van der Waals surface area contributed by atoms with Gasteiger partial charge in [0.1, 0.15) is 12.6 Å². The smallest absolute Gasteiger partial charge is 0.407 e. The minimum atomic E-state index is -0.895. The van der Waals surface area contributed by atoms with Crippen molar-refractivity contribution < 1.29 is 29.0 Å². The van der Waals surface area contributed by atoms with Crippen molar-refractivity contribution in [3.63, 3.8) is 0 Å². The number of carboxylic acids is 1. The third kappa shape index (κ3) is 5.82. The van der Waals surface area contributed by atoms with Crippen LogP contribution in [0.1, 0.15) is 43.7 Å². The molecule has 2 aromatic carbocycles. The number of benzene rings is 2. The molecule has 0 saturated carbocycles. The van der Waals surface area contributed by atoms with E-state index in [2.05, 4.69) is 34.9 Å². The third-order valence-corrected chi connectivity index (χ3v) is 6.59. The van der Waals surface area contributed by atoms with E-state index in [0.29, 0.717) is 12.8 Å².